The summed E-state index contributed by atoms with van der Waals surface area (Å²) in [7, 11) is 0. The molecule has 0 aliphatic carbocycles. The lowest BCUT2D eigenvalue weighted by Crippen LogP contribution is -2.10. The van der Waals surface area contributed by atoms with E-state index in [1.54, 1.807) is 17.5 Å². The largest absolute Gasteiger partial charge is 0.485 e. The zero-order valence-corrected chi connectivity index (χ0v) is 10.4. The van der Waals surface area contributed by atoms with Crippen molar-refractivity contribution in [2.24, 2.45) is 0 Å². The van der Waals surface area contributed by atoms with Crippen molar-refractivity contribution in [1.29, 1.82) is 0 Å². The van der Waals surface area contributed by atoms with Gasteiger partial charge in [0.1, 0.15) is 5.75 Å². The molecule has 1 aromatic carbocycles. The maximum absolute atomic E-state index is 13.3. The molecule has 1 heterocycles. The van der Waals surface area contributed by atoms with Crippen LogP contribution in [0.5, 0.6) is 5.75 Å². The number of hydrogen-bond donors (Lipinski definition) is 0. The van der Waals surface area contributed by atoms with Gasteiger partial charge in [0.05, 0.1) is 9.80 Å². The molecule has 0 unspecified atom stereocenters. The highest BCUT2D eigenvalue weighted by atomic mass is 32.1. The molecule has 0 bridgehead atoms. The SMILES string of the molecule is O=C(COc1ccc([N+](=O)[O-])c(F)c1)c1cccs1. The number of ketones is 1. The number of rotatable bonds is 5. The first-order chi connectivity index (χ1) is 9.08. The molecule has 0 radical (unpaired) electrons. The third-order valence-corrected chi connectivity index (χ3v) is 3.19. The molecule has 0 aliphatic heterocycles. The number of hydrogen-bond acceptors (Lipinski definition) is 5. The van der Waals surface area contributed by atoms with Crippen LogP contribution >= 0.6 is 11.3 Å². The highest BCUT2D eigenvalue weighted by Gasteiger charge is 2.15. The minimum absolute atomic E-state index is 0.0769. The Labute approximate surface area is 111 Å². The third-order valence-electron chi connectivity index (χ3n) is 2.28. The summed E-state index contributed by atoms with van der Waals surface area (Å²) in [5.74, 6) is -1.15. The zero-order valence-electron chi connectivity index (χ0n) is 9.54. The molecule has 2 aromatic rings. The number of halogens is 1. The molecular weight excluding hydrogens is 273 g/mol. The molecule has 0 spiro atoms. The number of carbonyl (C=O) groups is 1. The molecule has 98 valence electrons. The Morgan fingerprint density at radius 3 is 2.79 bits per heavy atom. The summed E-state index contributed by atoms with van der Waals surface area (Å²) in [6.07, 6.45) is 0. The molecule has 19 heavy (non-hydrogen) atoms. The van der Waals surface area contributed by atoms with Crippen molar-refractivity contribution in [3.63, 3.8) is 0 Å². The molecule has 0 saturated carbocycles. The maximum atomic E-state index is 13.3. The van der Waals surface area contributed by atoms with E-state index in [4.69, 9.17) is 4.74 Å². The van der Waals surface area contributed by atoms with Gasteiger partial charge in [-0.1, -0.05) is 6.07 Å². The highest BCUT2D eigenvalue weighted by molar-refractivity contribution is 7.12. The van der Waals surface area contributed by atoms with Crippen molar-refractivity contribution in [2.45, 2.75) is 0 Å². The van der Waals surface area contributed by atoms with E-state index in [0.29, 0.717) is 4.88 Å². The van der Waals surface area contributed by atoms with E-state index in [0.717, 1.165) is 12.1 Å². The topological polar surface area (TPSA) is 69.4 Å². The Balaban J connectivity index is 2.02. The van der Waals surface area contributed by atoms with Gasteiger partial charge in [-0.2, -0.15) is 4.39 Å². The summed E-state index contributed by atoms with van der Waals surface area (Å²) in [5.41, 5.74) is -0.628. The molecule has 0 aliphatic rings. The van der Waals surface area contributed by atoms with E-state index in [1.807, 2.05) is 0 Å². The number of ether oxygens (including phenoxy) is 1. The number of nitrogens with zero attached hydrogens (tertiary/aromatic N) is 1. The normalized spacial score (nSPS) is 10.2. The minimum atomic E-state index is -0.994. The van der Waals surface area contributed by atoms with Gasteiger partial charge < -0.3 is 4.74 Å². The third kappa shape index (κ3) is 3.14. The number of nitro groups is 1. The molecule has 2 rings (SSSR count). The smallest absolute Gasteiger partial charge is 0.305 e. The van der Waals surface area contributed by atoms with Crippen molar-refractivity contribution in [2.75, 3.05) is 6.61 Å². The fraction of sp³-hybridized carbons (Fsp3) is 0.0833. The van der Waals surface area contributed by atoms with Gasteiger partial charge in [-0.3, -0.25) is 14.9 Å². The van der Waals surface area contributed by atoms with Crippen LogP contribution in [0.25, 0.3) is 0 Å². The first kappa shape index (κ1) is 13.2. The zero-order chi connectivity index (χ0) is 13.8. The van der Waals surface area contributed by atoms with E-state index < -0.39 is 16.4 Å². The van der Waals surface area contributed by atoms with Crippen LogP contribution < -0.4 is 4.74 Å². The second kappa shape index (κ2) is 5.57. The second-order valence-corrected chi connectivity index (χ2v) is 4.51. The Morgan fingerprint density at radius 1 is 1.42 bits per heavy atom. The molecule has 0 fully saturated rings. The molecule has 7 heteroatoms. The Kier molecular flexibility index (Phi) is 3.86. The van der Waals surface area contributed by atoms with Gasteiger partial charge in [0, 0.05) is 12.1 Å². The number of benzene rings is 1. The summed E-state index contributed by atoms with van der Waals surface area (Å²) >= 11 is 1.28. The number of carbonyl (C=O) groups excluding carboxylic acids is 1. The van der Waals surface area contributed by atoms with E-state index in [2.05, 4.69) is 0 Å². The van der Waals surface area contributed by atoms with Crippen molar-refractivity contribution in [3.05, 3.63) is 56.5 Å². The summed E-state index contributed by atoms with van der Waals surface area (Å²) in [5, 5.41) is 12.2. The average molecular weight is 281 g/mol. The van der Waals surface area contributed by atoms with Crippen LogP contribution in [0, 0.1) is 15.9 Å². The van der Waals surface area contributed by atoms with E-state index in [1.165, 1.54) is 17.4 Å². The van der Waals surface area contributed by atoms with Gasteiger partial charge in [0.25, 0.3) is 0 Å². The fourth-order valence-electron chi connectivity index (χ4n) is 1.38. The maximum Gasteiger partial charge on any atom is 0.305 e. The Morgan fingerprint density at radius 2 is 2.21 bits per heavy atom. The number of thiophene rings is 1. The van der Waals surface area contributed by atoms with Gasteiger partial charge >= 0.3 is 5.69 Å². The molecule has 5 nitrogen and oxygen atoms in total. The molecule has 0 N–H and O–H groups in total. The first-order valence-electron chi connectivity index (χ1n) is 5.21. The predicted molar refractivity (Wildman–Crippen MR) is 67.2 cm³/mol. The lowest BCUT2D eigenvalue weighted by molar-refractivity contribution is -0.387. The summed E-state index contributed by atoms with van der Waals surface area (Å²) in [6, 6.07) is 6.54. The molecule has 0 saturated heterocycles. The van der Waals surface area contributed by atoms with Gasteiger partial charge in [-0.25, -0.2) is 0 Å². The number of nitro benzene ring substituents is 1. The molecular formula is C12H8FNO4S. The van der Waals surface area contributed by atoms with E-state index in [9.17, 15) is 19.3 Å². The number of Topliss-reactive ketones (excluding diaryl/α,β-unsaturated/α-hetero) is 1. The van der Waals surface area contributed by atoms with Gasteiger partial charge in [0.2, 0.25) is 11.6 Å². The first-order valence-corrected chi connectivity index (χ1v) is 6.09. The molecule has 0 atom stereocenters. The molecule has 0 amide bonds. The van der Waals surface area contributed by atoms with Gasteiger partial charge in [-0.05, 0) is 17.5 Å². The predicted octanol–water partition coefficient (Wildman–Crippen LogP) is 3.06. The Hall–Kier alpha value is -2.28. The standard InChI is InChI=1S/C12H8FNO4S/c13-9-6-8(3-4-10(9)14(16)17)18-7-11(15)12-2-1-5-19-12/h1-6H,7H2. The lowest BCUT2D eigenvalue weighted by Gasteiger charge is -2.04. The quantitative estimate of drug-likeness (QED) is 0.480. The van der Waals surface area contributed by atoms with Crippen LogP contribution in [0.3, 0.4) is 0 Å². The summed E-state index contributed by atoms with van der Waals surface area (Å²) in [6.45, 7) is -0.238. The van der Waals surface area contributed by atoms with Crippen molar-refractivity contribution < 1.29 is 18.8 Å². The van der Waals surface area contributed by atoms with Crippen LogP contribution in [0.15, 0.2) is 35.7 Å². The van der Waals surface area contributed by atoms with Crippen LogP contribution in [0.4, 0.5) is 10.1 Å². The van der Waals surface area contributed by atoms with Crippen molar-refractivity contribution in [3.8, 4) is 5.75 Å². The van der Waals surface area contributed by atoms with Crippen molar-refractivity contribution in [1.82, 2.24) is 0 Å². The van der Waals surface area contributed by atoms with E-state index >= 15 is 0 Å². The van der Waals surface area contributed by atoms with Crippen molar-refractivity contribution >= 4 is 22.8 Å². The van der Waals surface area contributed by atoms with Crippen LogP contribution in [0.1, 0.15) is 9.67 Å². The summed E-state index contributed by atoms with van der Waals surface area (Å²) in [4.78, 5) is 21.8. The Bertz CT molecular complexity index is 612. The average Bonchev–Trinajstić information content (AvgIpc) is 2.89. The van der Waals surface area contributed by atoms with Gasteiger partial charge in [0.15, 0.2) is 6.61 Å². The highest BCUT2D eigenvalue weighted by Crippen LogP contribution is 2.22. The summed E-state index contributed by atoms with van der Waals surface area (Å²) < 4.78 is 18.4. The van der Waals surface area contributed by atoms with Crippen LogP contribution in [-0.2, 0) is 0 Å². The van der Waals surface area contributed by atoms with Gasteiger partial charge in [-0.15, -0.1) is 11.3 Å². The lowest BCUT2D eigenvalue weighted by atomic mass is 10.3. The van der Waals surface area contributed by atoms with E-state index in [-0.39, 0.29) is 18.1 Å². The van der Waals surface area contributed by atoms with Crippen LogP contribution in [-0.4, -0.2) is 17.3 Å². The fourth-order valence-corrected chi connectivity index (χ4v) is 2.03. The monoisotopic (exact) mass is 281 g/mol. The van der Waals surface area contributed by atoms with Crippen LogP contribution in [0.2, 0.25) is 0 Å². The second-order valence-electron chi connectivity index (χ2n) is 3.56. The minimum Gasteiger partial charge on any atom is -0.485 e. The molecule has 1 aromatic heterocycles.